The Morgan fingerprint density at radius 2 is 0.470 bits per heavy atom. The van der Waals surface area contributed by atoms with Crippen molar-refractivity contribution >= 4 is 17.9 Å². The SMILES string of the molecule is CC/C=C\C/C=C\C/C=C\C/C=C\CCCCCCCCCCCCCCCCCCCCC(=O)OCC(COC(=O)CCCCCCC/C=C\CCCCCC)OC(=O)CCCCCCCCCCC/C=C\C/C=C\CCCCCCC. The van der Waals surface area contributed by atoms with E-state index >= 15 is 0 Å². The molecule has 0 amide bonds. The monoisotopic (exact) mass is 1160 g/mol. The molecule has 0 rings (SSSR count). The minimum atomic E-state index is -0.782. The first kappa shape index (κ1) is 79.6. The second-order valence-corrected chi connectivity index (χ2v) is 24.1. The highest BCUT2D eigenvalue weighted by molar-refractivity contribution is 5.71. The lowest BCUT2D eigenvalue weighted by Gasteiger charge is -2.18. The zero-order chi connectivity index (χ0) is 59.9. The van der Waals surface area contributed by atoms with Crippen molar-refractivity contribution in [2.45, 2.75) is 374 Å². The van der Waals surface area contributed by atoms with Crippen molar-refractivity contribution in [2.75, 3.05) is 13.2 Å². The predicted molar refractivity (Wildman–Crippen MR) is 362 cm³/mol. The normalized spacial score (nSPS) is 12.6. The van der Waals surface area contributed by atoms with E-state index in [0.29, 0.717) is 19.3 Å². The number of esters is 3. The molecule has 0 aromatic heterocycles. The summed E-state index contributed by atoms with van der Waals surface area (Å²) in [4.78, 5) is 38.4. The van der Waals surface area contributed by atoms with Gasteiger partial charge in [-0.05, 0) is 116 Å². The van der Waals surface area contributed by atoms with E-state index < -0.39 is 6.10 Å². The highest BCUT2D eigenvalue weighted by Crippen LogP contribution is 2.18. The largest absolute Gasteiger partial charge is 0.462 e. The topological polar surface area (TPSA) is 78.9 Å². The molecular weight excluding hydrogens is 1020 g/mol. The molecule has 0 spiro atoms. The second-order valence-electron chi connectivity index (χ2n) is 24.1. The number of hydrogen-bond acceptors (Lipinski definition) is 6. The summed E-state index contributed by atoms with van der Waals surface area (Å²) in [6, 6.07) is 0. The fraction of sp³-hybridized carbons (Fsp3) is 0.779. The van der Waals surface area contributed by atoms with E-state index in [1.54, 1.807) is 0 Å². The lowest BCUT2D eigenvalue weighted by atomic mass is 10.0. The molecule has 6 nitrogen and oxygen atoms in total. The van der Waals surface area contributed by atoms with Gasteiger partial charge in [-0.1, -0.05) is 318 Å². The van der Waals surface area contributed by atoms with E-state index in [0.717, 1.165) is 96.3 Å². The Labute approximate surface area is 515 Å². The molecule has 0 heterocycles. The molecule has 0 aliphatic heterocycles. The predicted octanol–water partition coefficient (Wildman–Crippen LogP) is 25.0. The van der Waals surface area contributed by atoms with Crippen LogP contribution in [0, 0.1) is 0 Å². The Hall–Kier alpha value is -3.41. The molecule has 0 aromatic carbocycles. The van der Waals surface area contributed by atoms with Gasteiger partial charge in [0, 0.05) is 19.3 Å². The van der Waals surface area contributed by atoms with Gasteiger partial charge in [0.1, 0.15) is 13.2 Å². The number of carbonyl (C=O) groups is 3. The van der Waals surface area contributed by atoms with Gasteiger partial charge in [0.15, 0.2) is 6.10 Å². The minimum absolute atomic E-state index is 0.0768. The smallest absolute Gasteiger partial charge is 0.306 e. The molecule has 0 fully saturated rings. The van der Waals surface area contributed by atoms with Crippen LogP contribution in [0.2, 0.25) is 0 Å². The average Bonchev–Trinajstić information content (AvgIpc) is 3.49. The van der Waals surface area contributed by atoms with E-state index in [4.69, 9.17) is 14.2 Å². The minimum Gasteiger partial charge on any atom is -0.462 e. The molecule has 0 aliphatic carbocycles. The van der Waals surface area contributed by atoms with Gasteiger partial charge in [-0.15, -0.1) is 0 Å². The van der Waals surface area contributed by atoms with E-state index in [1.165, 1.54) is 231 Å². The molecule has 1 atom stereocenters. The third-order valence-electron chi connectivity index (χ3n) is 15.9. The molecule has 0 radical (unpaired) electrons. The number of carbonyl (C=O) groups excluding carboxylic acids is 3. The van der Waals surface area contributed by atoms with Crippen molar-refractivity contribution in [3.05, 3.63) is 85.1 Å². The maximum Gasteiger partial charge on any atom is 0.306 e. The van der Waals surface area contributed by atoms with E-state index in [9.17, 15) is 14.4 Å². The second kappa shape index (κ2) is 71.1. The Morgan fingerprint density at radius 1 is 0.253 bits per heavy atom. The number of hydrogen-bond donors (Lipinski definition) is 0. The van der Waals surface area contributed by atoms with Crippen LogP contribution in [0.1, 0.15) is 367 Å². The summed E-state index contributed by atoms with van der Waals surface area (Å²) in [5, 5.41) is 0. The highest BCUT2D eigenvalue weighted by atomic mass is 16.6. The lowest BCUT2D eigenvalue weighted by molar-refractivity contribution is -0.167. The molecule has 0 bridgehead atoms. The van der Waals surface area contributed by atoms with Crippen LogP contribution in [0.3, 0.4) is 0 Å². The van der Waals surface area contributed by atoms with Gasteiger partial charge in [0.2, 0.25) is 0 Å². The van der Waals surface area contributed by atoms with Crippen LogP contribution < -0.4 is 0 Å². The van der Waals surface area contributed by atoms with E-state index in [-0.39, 0.29) is 31.1 Å². The molecule has 0 saturated heterocycles. The Balaban J connectivity index is 4.21. The zero-order valence-electron chi connectivity index (χ0n) is 55.2. The summed E-state index contributed by atoms with van der Waals surface area (Å²) in [7, 11) is 0. The fourth-order valence-corrected chi connectivity index (χ4v) is 10.5. The third-order valence-corrected chi connectivity index (χ3v) is 15.9. The van der Waals surface area contributed by atoms with Crippen LogP contribution in [0.25, 0.3) is 0 Å². The van der Waals surface area contributed by atoms with Gasteiger partial charge in [-0.3, -0.25) is 14.4 Å². The summed E-state index contributed by atoms with van der Waals surface area (Å²) in [6.07, 6.45) is 94.7. The summed E-state index contributed by atoms with van der Waals surface area (Å²) in [6.45, 7) is 6.54. The zero-order valence-corrected chi connectivity index (χ0v) is 55.2. The van der Waals surface area contributed by atoms with Crippen LogP contribution in [0.4, 0.5) is 0 Å². The van der Waals surface area contributed by atoms with Gasteiger partial charge >= 0.3 is 17.9 Å². The van der Waals surface area contributed by atoms with Gasteiger partial charge in [0.25, 0.3) is 0 Å². The fourth-order valence-electron chi connectivity index (χ4n) is 10.5. The lowest BCUT2D eigenvalue weighted by Crippen LogP contribution is -2.30. The van der Waals surface area contributed by atoms with Crippen molar-refractivity contribution in [1.82, 2.24) is 0 Å². The molecular formula is C77H136O6. The number of rotatable bonds is 66. The first-order chi connectivity index (χ1) is 41.0. The summed E-state index contributed by atoms with van der Waals surface area (Å²) >= 11 is 0. The molecule has 0 aliphatic rings. The maximum atomic E-state index is 13.0. The Morgan fingerprint density at radius 3 is 0.759 bits per heavy atom. The van der Waals surface area contributed by atoms with Crippen molar-refractivity contribution in [1.29, 1.82) is 0 Å². The van der Waals surface area contributed by atoms with Crippen molar-refractivity contribution < 1.29 is 28.6 Å². The van der Waals surface area contributed by atoms with Crippen molar-refractivity contribution in [3.63, 3.8) is 0 Å². The van der Waals surface area contributed by atoms with Crippen LogP contribution >= 0.6 is 0 Å². The molecule has 0 saturated carbocycles. The average molecular weight is 1160 g/mol. The number of ether oxygens (including phenoxy) is 3. The number of allylic oxidation sites excluding steroid dienone is 14. The van der Waals surface area contributed by atoms with Gasteiger partial charge in [-0.2, -0.15) is 0 Å². The van der Waals surface area contributed by atoms with Crippen molar-refractivity contribution in [3.8, 4) is 0 Å². The van der Waals surface area contributed by atoms with Gasteiger partial charge in [0.05, 0.1) is 0 Å². The highest BCUT2D eigenvalue weighted by Gasteiger charge is 2.19. The molecule has 0 N–H and O–H groups in total. The first-order valence-electron chi connectivity index (χ1n) is 36.1. The van der Waals surface area contributed by atoms with E-state index in [2.05, 4.69) is 106 Å². The molecule has 83 heavy (non-hydrogen) atoms. The van der Waals surface area contributed by atoms with Crippen LogP contribution in [0.15, 0.2) is 85.1 Å². The van der Waals surface area contributed by atoms with Crippen LogP contribution in [0.5, 0.6) is 0 Å². The van der Waals surface area contributed by atoms with Gasteiger partial charge in [-0.25, -0.2) is 0 Å². The first-order valence-corrected chi connectivity index (χ1v) is 36.1. The molecule has 0 aromatic rings. The third kappa shape index (κ3) is 69.3. The summed E-state index contributed by atoms with van der Waals surface area (Å²) in [5.41, 5.74) is 0. The molecule has 6 heteroatoms. The molecule has 1 unspecified atom stereocenters. The summed E-state index contributed by atoms with van der Waals surface area (Å²) < 4.78 is 17.0. The standard InChI is InChI=1S/C77H136O6/c1-4-7-10-13-16-19-22-25-27-29-31-33-34-35-36-37-38-39-40-41-42-44-45-47-49-52-55-58-61-64-67-70-76(79)82-73-74(72-81-75(78)69-66-63-60-57-54-51-24-21-18-15-12-9-6-3)83-77(80)71-68-65-62-59-56-53-50-48-46-43-32-30-28-26-23-20-17-14-11-8-5-2/h7,10,16,19,21,23-27,30-33,74H,4-6,8-9,11-15,17-18,20,22,28-29,34-73H2,1-3H3/b10-7-,19-16-,24-21-,26-23-,27-25-,32-30-,33-31-. The Kier molecular flexibility index (Phi) is 68.2. The number of unbranched alkanes of at least 4 members (excludes halogenated alkanes) is 41. The summed E-state index contributed by atoms with van der Waals surface area (Å²) in [5.74, 6) is -0.870. The van der Waals surface area contributed by atoms with E-state index in [1.807, 2.05) is 0 Å². The quantitative estimate of drug-likeness (QED) is 0.0261. The van der Waals surface area contributed by atoms with Crippen LogP contribution in [-0.4, -0.2) is 37.2 Å². The van der Waals surface area contributed by atoms with Crippen molar-refractivity contribution in [2.24, 2.45) is 0 Å². The maximum absolute atomic E-state index is 13.0. The van der Waals surface area contributed by atoms with Gasteiger partial charge < -0.3 is 14.2 Å². The Bertz CT molecular complexity index is 1570. The van der Waals surface area contributed by atoms with Crippen LogP contribution in [-0.2, 0) is 28.6 Å². The molecule has 480 valence electrons.